The number of hydrogen-bond donors (Lipinski definition) is 2. The number of benzene rings is 1. The number of rotatable bonds is 5. The molecule has 2 saturated carbocycles. The lowest BCUT2D eigenvalue weighted by molar-refractivity contribution is 0.256. The van der Waals surface area contributed by atoms with Crippen molar-refractivity contribution < 1.29 is 0 Å². The first-order valence-corrected chi connectivity index (χ1v) is 9.52. The Bertz CT molecular complexity index is 581. The Hall–Kier alpha value is -1.55. The fourth-order valence-corrected chi connectivity index (χ4v) is 4.18. The molecule has 0 aromatic heterocycles. The Morgan fingerprint density at radius 1 is 1.17 bits per heavy atom. The average Bonchev–Trinajstić information content (AvgIpc) is 3.50. The summed E-state index contributed by atoms with van der Waals surface area (Å²) in [5, 5.41) is 7.29. The summed E-state index contributed by atoms with van der Waals surface area (Å²) in [6.07, 6.45) is 6.45. The van der Waals surface area contributed by atoms with Crippen LogP contribution >= 0.6 is 0 Å². The van der Waals surface area contributed by atoms with Gasteiger partial charge in [0.1, 0.15) is 0 Å². The van der Waals surface area contributed by atoms with E-state index in [1.54, 1.807) is 0 Å². The molecule has 2 N–H and O–H groups in total. The lowest BCUT2D eigenvalue weighted by Gasteiger charge is -2.20. The third-order valence-corrected chi connectivity index (χ3v) is 5.79. The first-order chi connectivity index (χ1) is 11.7. The van der Waals surface area contributed by atoms with Crippen molar-refractivity contribution in [3.63, 3.8) is 0 Å². The Balaban J connectivity index is 1.24. The highest BCUT2D eigenvalue weighted by Gasteiger charge is 2.40. The molecule has 1 heterocycles. The van der Waals surface area contributed by atoms with Gasteiger partial charge < -0.3 is 10.6 Å². The van der Waals surface area contributed by atoms with E-state index in [0.717, 1.165) is 17.9 Å². The second-order valence-corrected chi connectivity index (χ2v) is 7.86. The van der Waals surface area contributed by atoms with Gasteiger partial charge in [0.25, 0.3) is 0 Å². The standard InChI is InChI=1S/C20H30N4/c1-14-10-17(13-24(14)18-8-9-18)22-20(21-2)23-19-12-16(19)11-15-6-4-3-5-7-15/h3-7,14,16-19H,8-13H2,1-2H3,(H2,21,22,23). The van der Waals surface area contributed by atoms with Crippen LogP contribution in [0, 0.1) is 5.92 Å². The van der Waals surface area contributed by atoms with Gasteiger partial charge >= 0.3 is 0 Å². The van der Waals surface area contributed by atoms with Crippen LogP contribution in [0.2, 0.25) is 0 Å². The zero-order chi connectivity index (χ0) is 16.5. The molecule has 4 unspecified atom stereocenters. The third-order valence-electron chi connectivity index (χ3n) is 5.79. The molecule has 4 rings (SSSR count). The second kappa shape index (κ2) is 6.75. The fraction of sp³-hybridized carbons (Fsp3) is 0.650. The van der Waals surface area contributed by atoms with Gasteiger partial charge in [0.05, 0.1) is 0 Å². The molecular formula is C20H30N4. The Kier molecular flexibility index (Phi) is 4.49. The highest BCUT2D eigenvalue weighted by Crippen LogP contribution is 2.34. The third kappa shape index (κ3) is 3.75. The maximum absolute atomic E-state index is 4.46. The van der Waals surface area contributed by atoms with Gasteiger partial charge in [0.15, 0.2) is 5.96 Å². The smallest absolute Gasteiger partial charge is 0.191 e. The summed E-state index contributed by atoms with van der Waals surface area (Å²) in [5.74, 6) is 1.74. The molecule has 1 saturated heterocycles. The topological polar surface area (TPSA) is 39.7 Å². The van der Waals surface area contributed by atoms with Gasteiger partial charge in [-0.25, -0.2) is 0 Å². The highest BCUT2D eigenvalue weighted by molar-refractivity contribution is 5.80. The first-order valence-electron chi connectivity index (χ1n) is 9.52. The van der Waals surface area contributed by atoms with Gasteiger partial charge in [0.2, 0.25) is 0 Å². The van der Waals surface area contributed by atoms with Crippen molar-refractivity contribution in [2.24, 2.45) is 10.9 Å². The summed E-state index contributed by atoms with van der Waals surface area (Å²) < 4.78 is 0. The van der Waals surface area contributed by atoms with Gasteiger partial charge in [-0.2, -0.15) is 0 Å². The SMILES string of the molecule is CN=C(NC1CC(C)N(C2CC2)C1)NC1CC1Cc1ccccc1. The van der Waals surface area contributed by atoms with Gasteiger partial charge in [0, 0.05) is 37.8 Å². The molecule has 0 radical (unpaired) electrons. The molecule has 4 atom stereocenters. The van der Waals surface area contributed by atoms with E-state index in [1.165, 1.54) is 44.2 Å². The number of aliphatic imine (C=N–C) groups is 1. The van der Waals surface area contributed by atoms with Crippen LogP contribution in [0.15, 0.2) is 35.3 Å². The number of nitrogens with one attached hydrogen (secondary N) is 2. The van der Waals surface area contributed by atoms with E-state index in [2.05, 4.69) is 57.8 Å². The molecule has 0 spiro atoms. The van der Waals surface area contributed by atoms with Crippen LogP contribution in [0.1, 0.15) is 38.2 Å². The average molecular weight is 326 g/mol. The lowest BCUT2D eigenvalue weighted by atomic mass is 10.1. The minimum Gasteiger partial charge on any atom is -0.353 e. The van der Waals surface area contributed by atoms with Gasteiger partial charge in [-0.15, -0.1) is 0 Å². The van der Waals surface area contributed by atoms with E-state index < -0.39 is 0 Å². The van der Waals surface area contributed by atoms with Crippen molar-refractivity contribution in [3.8, 4) is 0 Å². The quantitative estimate of drug-likeness (QED) is 0.645. The molecule has 1 aliphatic heterocycles. The van der Waals surface area contributed by atoms with E-state index in [-0.39, 0.29) is 0 Å². The molecule has 0 amide bonds. The van der Waals surface area contributed by atoms with E-state index in [4.69, 9.17) is 0 Å². The van der Waals surface area contributed by atoms with Crippen LogP contribution < -0.4 is 10.6 Å². The summed E-state index contributed by atoms with van der Waals surface area (Å²) in [4.78, 5) is 7.14. The second-order valence-electron chi connectivity index (χ2n) is 7.86. The minimum atomic E-state index is 0.540. The van der Waals surface area contributed by atoms with Crippen molar-refractivity contribution in [2.45, 2.75) is 63.2 Å². The van der Waals surface area contributed by atoms with Crippen molar-refractivity contribution in [2.75, 3.05) is 13.6 Å². The molecule has 24 heavy (non-hydrogen) atoms. The Morgan fingerprint density at radius 3 is 2.67 bits per heavy atom. The molecular weight excluding hydrogens is 296 g/mol. The van der Waals surface area contributed by atoms with Gasteiger partial charge in [-0.1, -0.05) is 30.3 Å². The number of hydrogen-bond acceptors (Lipinski definition) is 2. The summed E-state index contributed by atoms with van der Waals surface area (Å²) >= 11 is 0. The zero-order valence-corrected chi connectivity index (χ0v) is 14.9. The van der Waals surface area contributed by atoms with Crippen molar-refractivity contribution >= 4 is 5.96 Å². The van der Waals surface area contributed by atoms with Crippen LogP contribution in [0.5, 0.6) is 0 Å². The van der Waals surface area contributed by atoms with Crippen LogP contribution in [0.3, 0.4) is 0 Å². The Labute approximate surface area is 145 Å². The number of guanidine groups is 1. The molecule has 130 valence electrons. The minimum absolute atomic E-state index is 0.540. The zero-order valence-electron chi connectivity index (χ0n) is 14.9. The van der Waals surface area contributed by atoms with E-state index in [9.17, 15) is 0 Å². The molecule has 3 fully saturated rings. The molecule has 3 aliphatic rings. The number of likely N-dealkylation sites (tertiary alicyclic amines) is 1. The molecule has 1 aromatic rings. The molecule has 2 aliphatic carbocycles. The van der Waals surface area contributed by atoms with Crippen LogP contribution in [-0.4, -0.2) is 48.6 Å². The molecule has 4 heteroatoms. The van der Waals surface area contributed by atoms with Gasteiger partial charge in [-0.3, -0.25) is 9.89 Å². The van der Waals surface area contributed by atoms with Crippen molar-refractivity contribution in [1.29, 1.82) is 0 Å². The van der Waals surface area contributed by atoms with E-state index >= 15 is 0 Å². The maximum Gasteiger partial charge on any atom is 0.191 e. The summed E-state index contributed by atoms with van der Waals surface area (Å²) in [7, 11) is 1.89. The van der Waals surface area contributed by atoms with E-state index in [1.807, 2.05) is 7.05 Å². The monoisotopic (exact) mass is 326 g/mol. The van der Waals surface area contributed by atoms with E-state index in [0.29, 0.717) is 18.1 Å². The lowest BCUT2D eigenvalue weighted by Crippen LogP contribution is -2.45. The van der Waals surface area contributed by atoms with Crippen molar-refractivity contribution in [1.82, 2.24) is 15.5 Å². The first kappa shape index (κ1) is 15.9. The maximum atomic E-state index is 4.46. The van der Waals surface area contributed by atoms with Crippen LogP contribution in [0.4, 0.5) is 0 Å². The number of nitrogens with zero attached hydrogens (tertiary/aromatic N) is 2. The Morgan fingerprint density at radius 2 is 1.96 bits per heavy atom. The van der Waals surface area contributed by atoms with Gasteiger partial charge in [-0.05, 0) is 50.5 Å². The summed E-state index contributed by atoms with van der Waals surface area (Å²) in [6, 6.07) is 13.5. The predicted octanol–water partition coefficient (Wildman–Crippen LogP) is 2.41. The molecule has 4 nitrogen and oxygen atoms in total. The highest BCUT2D eigenvalue weighted by atomic mass is 15.3. The molecule has 1 aromatic carbocycles. The normalized spacial score (nSPS) is 33.5. The summed E-state index contributed by atoms with van der Waals surface area (Å²) in [5.41, 5.74) is 1.44. The summed E-state index contributed by atoms with van der Waals surface area (Å²) in [6.45, 7) is 3.54. The fourth-order valence-electron chi connectivity index (χ4n) is 4.18. The van der Waals surface area contributed by atoms with Crippen LogP contribution in [-0.2, 0) is 6.42 Å². The largest absolute Gasteiger partial charge is 0.353 e. The molecule has 0 bridgehead atoms. The predicted molar refractivity (Wildman–Crippen MR) is 99.3 cm³/mol. The van der Waals surface area contributed by atoms with Crippen LogP contribution in [0.25, 0.3) is 0 Å². The van der Waals surface area contributed by atoms with Crippen molar-refractivity contribution in [3.05, 3.63) is 35.9 Å².